The molecule has 2 N–H and O–H groups in total. The van der Waals surface area contributed by atoms with Crippen LogP contribution in [0.2, 0.25) is 0 Å². The van der Waals surface area contributed by atoms with Crippen molar-refractivity contribution in [3.8, 4) is 0 Å². The summed E-state index contributed by atoms with van der Waals surface area (Å²) in [7, 11) is 0. The van der Waals surface area contributed by atoms with Crippen molar-refractivity contribution in [3.05, 3.63) is 24.5 Å². The summed E-state index contributed by atoms with van der Waals surface area (Å²) in [4.78, 5) is 14.2. The fourth-order valence-electron chi connectivity index (χ4n) is 1.79. The molecule has 4 nitrogen and oxygen atoms in total. The van der Waals surface area contributed by atoms with Gasteiger partial charge >= 0.3 is 5.97 Å². The highest BCUT2D eigenvalue weighted by Crippen LogP contribution is 2.19. The van der Waals surface area contributed by atoms with E-state index < -0.39 is 0 Å². The molecule has 1 aliphatic carbocycles. The Kier molecular flexibility index (Phi) is 6.07. The third kappa shape index (κ3) is 6.56. The molecule has 0 unspecified atom stereocenters. The lowest BCUT2D eigenvalue weighted by Gasteiger charge is -2.20. The van der Waals surface area contributed by atoms with Crippen LogP contribution in [0.25, 0.3) is 0 Å². The van der Waals surface area contributed by atoms with Crippen molar-refractivity contribution in [2.45, 2.75) is 45.1 Å². The molecular formula is C13H20N2O2. The number of ether oxygens (including phenoxy) is 1. The van der Waals surface area contributed by atoms with E-state index >= 15 is 0 Å². The lowest BCUT2D eigenvalue weighted by molar-refractivity contribution is -0.147. The van der Waals surface area contributed by atoms with E-state index in [2.05, 4.69) is 4.98 Å². The Morgan fingerprint density at radius 2 is 2.12 bits per heavy atom. The second-order valence-corrected chi connectivity index (χ2v) is 4.16. The molecule has 17 heavy (non-hydrogen) atoms. The number of esters is 1. The first-order chi connectivity index (χ1) is 8.18. The Balaban J connectivity index is 0.000000181. The first-order valence-corrected chi connectivity index (χ1v) is 6.01. The zero-order chi connectivity index (χ0) is 12.5. The molecule has 1 heterocycles. The lowest BCUT2D eigenvalue weighted by atomic mass is 9.98. The predicted octanol–water partition coefficient (Wildman–Crippen LogP) is 2.55. The van der Waals surface area contributed by atoms with Gasteiger partial charge in [-0.2, -0.15) is 0 Å². The second-order valence-electron chi connectivity index (χ2n) is 4.16. The van der Waals surface area contributed by atoms with E-state index in [1.165, 1.54) is 26.2 Å². The molecule has 4 heteroatoms. The zero-order valence-corrected chi connectivity index (χ0v) is 10.3. The monoisotopic (exact) mass is 236 g/mol. The van der Waals surface area contributed by atoms with Crippen LogP contribution in [0.1, 0.15) is 39.0 Å². The molecule has 1 aromatic heterocycles. The van der Waals surface area contributed by atoms with Crippen LogP contribution < -0.4 is 5.73 Å². The van der Waals surface area contributed by atoms with E-state index in [4.69, 9.17) is 10.5 Å². The van der Waals surface area contributed by atoms with Gasteiger partial charge in [0.15, 0.2) is 0 Å². The summed E-state index contributed by atoms with van der Waals surface area (Å²) < 4.78 is 5.05. The lowest BCUT2D eigenvalue weighted by Crippen LogP contribution is -2.18. The molecule has 1 saturated carbocycles. The highest BCUT2D eigenvalue weighted by Gasteiger charge is 2.14. The summed E-state index contributed by atoms with van der Waals surface area (Å²) in [5.41, 5.74) is 6.01. The first kappa shape index (κ1) is 13.5. The molecule has 0 spiro atoms. The predicted molar refractivity (Wildman–Crippen MR) is 67.3 cm³/mol. The molecule has 1 aliphatic rings. The van der Waals surface area contributed by atoms with Crippen LogP contribution in [0.3, 0.4) is 0 Å². The minimum Gasteiger partial charge on any atom is -0.463 e. The molecule has 0 bridgehead atoms. The maximum Gasteiger partial charge on any atom is 0.302 e. The number of anilines is 1. The van der Waals surface area contributed by atoms with Gasteiger partial charge < -0.3 is 10.5 Å². The van der Waals surface area contributed by atoms with Crippen LogP contribution in [-0.4, -0.2) is 17.1 Å². The van der Waals surface area contributed by atoms with Crippen molar-refractivity contribution in [1.29, 1.82) is 0 Å². The van der Waals surface area contributed by atoms with Crippen LogP contribution in [0.4, 0.5) is 5.69 Å². The Labute approximate surface area is 102 Å². The maximum atomic E-state index is 10.5. The number of hydrogen-bond donors (Lipinski definition) is 1. The summed E-state index contributed by atoms with van der Waals surface area (Å²) in [6, 6.07) is 3.60. The quantitative estimate of drug-likeness (QED) is 0.761. The van der Waals surface area contributed by atoms with Gasteiger partial charge in [0.05, 0.1) is 5.69 Å². The van der Waals surface area contributed by atoms with Gasteiger partial charge in [0.1, 0.15) is 6.10 Å². The fraction of sp³-hybridized carbons (Fsp3) is 0.538. The molecule has 1 fully saturated rings. The molecule has 1 aromatic rings. The Morgan fingerprint density at radius 3 is 2.53 bits per heavy atom. The summed E-state index contributed by atoms with van der Waals surface area (Å²) in [5.74, 6) is -0.132. The highest BCUT2D eigenvalue weighted by atomic mass is 16.5. The van der Waals surface area contributed by atoms with Crippen LogP contribution in [0.15, 0.2) is 24.5 Å². The molecule has 0 aliphatic heterocycles. The van der Waals surface area contributed by atoms with E-state index in [1.807, 2.05) is 0 Å². The maximum absolute atomic E-state index is 10.5. The van der Waals surface area contributed by atoms with Crippen molar-refractivity contribution in [1.82, 2.24) is 4.98 Å². The van der Waals surface area contributed by atoms with Crippen molar-refractivity contribution in [2.75, 3.05) is 5.73 Å². The van der Waals surface area contributed by atoms with Crippen LogP contribution in [0.5, 0.6) is 0 Å². The number of pyridine rings is 1. The molecule has 0 atom stereocenters. The number of nitrogens with two attached hydrogens (primary N) is 1. The molecule has 0 radical (unpaired) electrons. The number of hydrogen-bond acceptors (Lipinski definition) is 4. The highest BCUT2D eigenvalue weighted by molar-refractivity contribution is 5.66. The molecule has 0 amide bonds. The van der Waals surface area contributed by atoms with Gasteiger partial charge in [0.25, 0.3) is 0 Å². The summed E-state index contributed by atoms with van der Waals surface area (Å²) >= 11 is 0. The van der Waals surface area contributed by atoms with Crippen LogP contribution in [-0.2, 0) is 9.53 Å². The Hall–Kier alpha value is -1.58. The second kappa shape index (κ2) is 7.65. The van der Waals surface area contributed by atoms with Gasteiger partial charge in [0, 0.05) is 19.3 Å². The molecular weight excluding hydrogens is 216 g/mol. The van der Waals surface area contributed by atoms with E-state index in [9.17, 15) is 4.79 Å². The summed E-state index contributed by atoms with van der Waals surface area (Å²) in [6.07, 6.45) is 9.41. The zero-order valence-electron chi connectivity index (χ0n) is 10.3. The standard InChI is InChI=1S/C8H14O2.C5H6N2/c1-7(9)10-8-5-3-2-4-6-8;6-5-2-1-3-7-4-5/h8H,2-6H2,1H3;1-4H,6H2. The third-order valence-electron chi connectivity index (χ3n) is 2.57. The number of rotatable bonds is 1. The van der Waals surface area contributed by atoms with Crippen molar-refractivity contribution in [3.63, 3.8) is 0 Å². The first-order valence-electron chi connectivity index (χ1n) is 6.01. The van der Waals surface area contributed by atoms with Gasteiger partial charge in [-0.3, -0.25) is 9.78 Å². The normalized spacial score (nSPS) is 15.6. The average molecular weight is 236 g/mol. The average Bonchev–Trinajstić information content (AvgIpc) is 2.31. The third-order valence-corrected chi connectivity index (χ3v) is 2.57. The molecule has 0 saturated heterocycles. The van der Waals surface area contributed by atoms with E-state index in [0.717, 1.165) is 12.8 Å². The fourth-order valence-corrected chi connectivity index (χ4v) is 1.79. The summed E-state index contributed by atoms with van der Waals surface area (Å²) in [5, 5.41) is 0. The van der Waals surface area contributed by atoms with Crippen LogP contribution >= 0.6 is 0 Å². The van der Waals surface area contributed by atoms with Crippen molar-refractivity contribution in [2.24, 2.45) is 0 Å². The van der Waals surface area contributed by atoms with Gasteiger partial charge in [-0.1, -0.05) is 6.42 Å². The number of nitrogens with zero attached hydrogens (tertiary/aromatic N) is 1. The van der Waals surface area contributed by atoms with Crippen molar-refractivity contribution >= 4 is 11.7 Å². The van der Waals surface area contributed by atoms with Crippen LogP contribution in [0, 0.1) is 0 Å². The minimum absolute atomic E-state index is 0.132. The topological polar surface area (TPSA) is 65.2 Å². The smallest absolute Gasteiger partial charge is 0.302 e. The van der Waals surface area contributed by atoms with Gasteiger partial charge in [0.2, 0.25) is 0 Å². The minimum atomic E-state index is -0.132. The van der Waals surface area contributed by atoms with Gasteiger partial charge in [-0.25, -0.2) is 0 Å². The molecule has 0 aromatic carbocycles. The van der Waals surface area contributed by atoms with Crippen molar-refractivity contribution < 1.29 is 9.53 Å². The van der Waals surface area contributed by atoms with Gasteiger partial charge in [-0.15, -0.1) is 0 Å². The van der Waals surface area contributed by atoms with Gasteiger partial charge in [-0.05, 0) is 37.8 Å². The SMILES string of the molecule is CC(=O)OC1CCCCC1.Nc1cccnc1. The number of nitrogen functional groups attached to an aromatic ring is 1. The molecule has 2 rings (SSSR count). The van der Waals surface area contributed by atoms with E-state index in [-0.39, 0.29) is 12.1 Å². The number of carbonyl (C=O) groups excluding carboxylic acids is 1. The largest absolute Gasteiger partial charge is 0.463 e. The van der Waals surface area contributed by atoms with E-state index in [1.54, 1.807) is 24.5 Å². The Bertz CT molecular complexity index is 321. The number of carbonyl (C=O) groups is 1. The molecule has 94 valence electrons. The van der Waals surface area contributed by atoms with E-state index in [0.29, 0.717) is 5.69 Å². The summed E-state index contributed by atoms with van der Waals surface area (Å²) in [6.45, 7) is 1.48. The number of aromatic nitrogens is 1. The Morgan fingerprint density at radius 1 is 1.41 bits per heavy atom.